The van der Waals surface area contributed by atoms with Crippen LogP contribution in [0.3, 0.4) is 0 Å². The highest BCUT2D eigenvalue weighted by atomic mass is 19.1. The summed E-state index contributed by atoms with van der Waals surface area (Å²) in [7, 11) is 0. The predicted molar refractivity (Wildman–Crippen MR) is 90.5 cm³/mol. The molecule has 5 nitrogen and oxygen atoms in total. The van der Waals surface area contributed by atoms with Crippen LogP contribution < -0.4 is 10.6 Å². The van der Waals surface area contributed by atoms with E-state index in [0.29, 0.717) is 19.1 Å². The van der Waals surface area contributed by atoms with Gasteiger partial charge in [-0.05, 0) is 49.9 Å². The highest BCUT2D eigenvalue weighted by molar-refractivity contribution is 5.73. The number of rotatable bonds is 6. The summed E-state index contributed by atoms with van der Waals surface area (Å²) in [6, 6.07) is 6.99. The molecule has 0 unspecified atom stereocenters. The fourth-order valence-electron chi connectivity index (χ4n) is 3.47. The first-order valence-corrected chi connectivity index (χ1v) is 8.82. The van der Waals surface area contributed by atoms with E-state index >= 15 is 0 Å². The molecule has 2 atom stereocenters. The van der Waals surface area contributed by atoms with E-state index < -0.39 is 0 Å². The van der Waals surface area contributed by atoms with Gasteiger partial charge in [-0.2, -0.15) is 0 Å². The number of carbonyl (C=O) groups is 1. The van der Waals surface area contributed by atoms with E-state index in [0.717, 1.165) is 38.1 Å². The summed E-state index contributed by atoms with van der Waals surface area (Å²) >= 11 is 0. The molecule has 2 aliphatic rings. The number of hydrogen-bond acceptors (Lipinski definition) is 3. The number of carbonyl (C=O) groups excluding carboxylic acids is 1. The average molecular weight is 335 g/mol. The van der Waals surface area contributed by atoms with Crippen molar-refractivity contribution < 1.29 is 13.9 Å². The lowest BCUT2D eigenvalue weighted by molar-refractivity contribution is -0.0457. The maximum absolute atomic E-state index is 13.1. The van der Waals surface area contributed by atoms with Gasteiger partial charge in [0.25, 0.3) is 0 Å². The number of morpholine rings is 1. The standard InChI is InChI=1S/C18H26FN3O2/c19-15-6-1-4-14(10-15)5-2-8-20-18(23)21-11-17-12-22-9-3-7-16(22)13-24-17/h1,4,6,10,16-17H,2-3,5,7-9,11-13H2,(H2,20,21,23)/t16-,17-/m0/s1. The van der Waals surface area contributed by atoms with Crippen LogP contribution in [0.25, 0.3) is 0 Å². The van der Waals surface area contributed by atoms with Crippen molar-refractivity contribution in [3.8, 4) is 0 Å². The Morgan fingerprint density at radius 2 is 2.29 bits per heavy atom. The molecule has 0 bridgehead atoms. The van der Waals surface area contributed by atoms with Crippen LogP contribution in [0.4, 0.5) is 9.18 Å². The van der Waals surface area contributed by atoms with E-state index in [-0.39, 0.29) is 18.0 Å². The van der Waals surface area contributed by atoms with E-state index in [1.165, 1.54) is 25.0 Å². The summed E-state index contributed by atoms with van der Waals surface area (Å²) in [6.45, 7) is 3.95. The molecular formula is C18H26FN3O2. The fourth-order valence-corrected chi connectivity index (χ4v) is 3.47. The summed E-state index contributed by atoms with van der Waals surface area (Å²) in [6.07, 6.45) is 4.09. The monoisotopic (exact) mass is 335 g/mol. The third-order valence-electron chi connectivity index (χ3n) is 4.77. The van der Waals surface area contributed by atoms with Gasteiger partial charge in [-0.15, -0.1) is 0 Å². The number of ether oxygens (including phenoxy) is 1. The van der Waals surface area contributed by atoms with Gasteiger partial charge in [-0.25, -0.2) is 9.18 Å². The van der Waals surface area contributed by atoms with Crippen molar-refractivity contribution in [1.82, 2.24) is 15.5 Å². The van der Waals surface area contributed by atoms with Crippen molar-refractivity contribution in [2.45, 2.75) is 37.8 Å². The van der Waals surface area contributed by atoms with E-state index in [2.05, 4.69) is 15.5 Å². The van der Waals surface area contributed by atoms with Crippen LogP contribution in [0.5, 0.6) is 0 Å². The lowest BCUT2D eigenvalue weighted by Gasteiger charge is -2.35. The molecule has 3 rings (SSSR count). The molecule has 132 valence electrons. The molecule has 0 radical (unpaired) electrons. The second kappa shape index (κ2) is 8.44. The van der Waals surface area contributed by atoms with E-state index in [4.69, 9.17) is 4.74 Å². The third kappa shape index (κ3) is 4.92. The van der Waals surface area contributed by atoms with Crippen molar-refractivity contribution >= 4 is 6.03 Å². The van der Waals surface area contributed by atoms with Crippen LogP contribution in [0.15, 0.2) is 24.3 Å². The second-order valence-electron chi connectivity index (χ2n) is 6.62. The van der Waals surface area contributed by atoms with Crippen LogP contribution in [0, 0.1) is 5.82 Å². The van der Waals surface area contributed by atoms with Gasteiger partial charge in [0.05, 0.1) is 12.7 Å². The quantitative estimate of drug-likeness (QED) is 0.781. The van der Waals surface area contributed by atoms with Crippen LogP contribution in [-0.4, -0.2) is 55.9 Å². The van der Waals surface area contributed by atoms with Gasteiger partial charge in [0, 0.05) is 25.7 Å². The van der Waals surface area contributed by atoms with Crippen LogP contribution in [0.1, 0.15) is 24.8 Å². The summed E-state index contributed by atoms with van der Waals surface area (Å²) in [4.78, 5) is 14.3. The minimum Gasteiger partial charge on any atom is -0.373 e. The van der Waals surface area contributed by atoms with E-state index in [1.807, 2.05) is 6.07 Å². The number of amides is 2. The molecule has 2 heterocycles. The van der Waals surface area contributed by atoms with E-state index in [1.54, 1.807) is 6.07 Å². The summed E-state index contributed by atoms with van der Waals surface area (Å²) in [5.74, 6) is -0.217. The number of fused-ring (bicyclic) bond motifs is 1. The molecule has 2 fully saturated rings. The van der Waals surface area contributed by atoms with Crippen molar-refractivity contribution in [2.24, 2.45) is 0 Å². The third-order valence-corrected chi connectivity index (χ3v) is 4.77. The maximum atomic E-state index is 13.1. The molecular weight excluding hydrogens is 309 g/mol. The predicted octanol–water partition coefficient (Wildman–Crippen LogP) is 1.92. The lowest BCUT2D eigenvalue weighted by Crippen LogP contribution is -2.51. The smallest absolute Gasteiger partial charge is 0.314 e. The van der Waals surface area contributed by atoms with Gasteiger partial charge < -0.3 is 15.4 Å². The first-order chi connectivity index (χ1) is 11.7. The zero-order valence-corrected chi connectivity index (χ0v) is 14.0. The number of nitrogens with zero attached hydrogens (tertiary/aromatic N) is 1. The second-order valence-corrected chi connectivity index (χ2v) is 6.62. The van der Waals surface area contributed by atoms with Crippen molar-refractivity contribution in [3.05, 3.63) is 35.6 Å². The Bertz CT molecular complexity index is 555. The SMILES string of the molecule is O=C(NCCCc1cccc(F)c1)NC[C@H]1CN2CCC[C@H]2CO1. The Labute approximate surface area is 142 Å². The molecule has 0 saturated carbocycles. The summed E-state index contributed by atoms with van der Waals surface area (Å²) in [5, 5.41) is 5.72. The minimum absolute atomic E-state index is 0.0809. The fraction of sp³-hybridized carbons (Fsp3) is 0.611. The molecule has 2 amide bonds. The molecule has 1 aromatic rings. The average Bonchev–Trinajstić information content (AvgIpc) is 3.05. The summed E-state index contributed by atoms with van der Waals surface area (Å²) < 4.78 is 18.9. The van der Waals surface area contributed by atoms with Crippen molar-refractivity contribution in [1.29, 1.82) is 0 Å². The Hall–Kier alpha value is -1.66. The number of nitrogens with one attached hydrogen (secondary N) is 2. The summed E-state index contributed by atoms with van der Waals surface area (Å²) in [5.41, 5.74) is 0.952. The number of aryl methyl sites for hydroxylation is 1. The van der Waals surface area contributed by atoms with Crippen LogP contribution >= 0.6 is 0 Å². The van der Waals surface area contributed by atoms with E-state index in [9.17, 15) is 9.18 Å². The molecule has 2 aliphatic heterocycles. The number of benzene rings is 1. The van der Waals surface area contributed by atoms with Gasteiger partial charge >= 0.3 is 6.03 Å². The first-order valence-electron chi connectivity index (χ1n) is 8.82. The molecule has 2 N–H and O–H groups in total. The normalized spacial score (nSPS) is 23.7. The molecule has 0 spiro atoms. The molecule has 0 aromatic heterocycles. The highest BCUT2D eigenvalue weighted by Crippen LogP contribution is 2.22. The highest BCUT2D eigenvalue weighted by Gasteiger charge is 2.32. The molecule has 0 aliphatic carbocycles. The van der Waals surface area contributed by atoms with Gasteiger partial charge in [0.1, 0.15) is 5.82 Å². The Balaban J connectivity index is 1.27. The molecule has 2 saturated heterocycles. The Morgan fingerprint density at radius 3 is 3.17 bits per heavy atom. The Morgan fingerprint density at radius 1 is 1.38 bits per heavy atom. The van der Waals surface area contributed by atoms with Gasteiger partial charge in [0.15, 0.2) is 0 Å². The van der Waals surface area contributed by atoms with Crippen molar-refractivity contribution in [3.63, 3.8) is 0 Å². The Kier molecular flexibility index (Phi) is 6.04. The molecule has 1 aromatic carbocycles. The largest absolute Gasteiger partial charge is 0.373 e. The maximum Gasteiger partial charge on any atom is 0.314 e. The van der Waals surface area contributed by atoms with Crippen molar-refractivity contribution in [2.75, 3.05) is 32.8 Å². The number of hydrogen-bond donors (Lipinski definition) is 2. The molecule has 24 heavy (non-hydrogen) atoms. The zero-order valence-electron chi connectivity index (χ0n) is 14.0. The number of halogens is 1. The topological polar surface area (TPSA) is 53.6 Å². The van der Waals surface area contributed by atoms with Crippen LogP contribution in [0.2, 0.25) is 0 Å². The van der Waals surface area contributed by atoms with Gasteiger partial charge in [-0.3, -0.25) is 4.90 Å². The van der Waals surface area contributed by atoms with Crippen LogP contribution in [-0.2, 0) is 11.2 Å². The molecule has 6 heteroatoms. The zero-order chi connectivity index (χ0) is 16.8. The van der Waals surface area contributed by atoms with Gasteiger partial charge in [0.2, 0.25) is 0 Å². The minimum atomic E-state index is -0.217. The lowest BCUT2D eigenvalue weighted by atomic mass is 10.1. The van der Waals surface area contributed by atoms with Gasteiger partial charge in [-0.1, -0.05) is 12.1 Å². The number of urea groups is 1. The first kappa shape index (κ1) is 17.2.